The van der Waals surface area contributed by atoms with Crippen molar-refractivity contribution in [1.82, 2.24) is 15.0 Å². The van der Waals surface area contributed by atoms with Gasteiger partial charge in [-0.05, 0) is 25.6 Å². The van der Waals surface area contributed by atoms with Gasteiger partial charge in [-0.1, -0.05) is 42.2 Å². The molecule has 23 heavy (non-hydrogen) atoms. The van der Waals surface area contributed by atoms with Crippen molar-refractivity contribution < 1.29 is 9.32 Å². The third-order valence-electron chi connectivity index (χ3n) is 3.23. The minimum atomic E-state index is -0.147. The van der Waals surface area contributed by atoms with Gasteiger partial charge in [0.25, 0.3) is 0 Å². The number of benzene rings is 1. The van der Waals surface area contributed by atoms with Gasteiger partial charge < -0.3 is 9.84 Å². The number of halogens is 1. The van der Waals surface area contributed by atoms with E-state index in [9.17, 15) is 4.79 Å². The van der Waals surface area contributed by atoms with Crippen LogP contribution in [-0.2, 0) is 17.8 Å². The standard InChI is InChI=1S/C16H21ClN4O2/c1-3-4-9-14-19-16(23-20-14)11-21(2)10-15(22)18-13-8-6-5-7-12(13)17/h5-8H,3-4,9-11H2,1-2H3,(H,18,22). The van der Waals surface area contributed by atoms with E-state index in [2.05, 4.69) is 22.4 Å². The van der Waals surface area contributed by atoms with Gasteiger partial charge in [0.05, 0.1) is 23.8 Å². The molecule has 0 atom stereocenters. The normalized spacial score (nSPS) is 11.0. The lowest BCUT2D eigenvalue weighted by Crippen LogP contribution is -2.30. The highest BCUT2D eigenvalue weighted by molar-refractivity contribution is 6.33. The van der Waals surface area contributed by atoms with Gasteiger partial charge in [0.1, 0.15) is 0 Å². The van der Waals surface area contributed by atoms with Crippen LogP contribution < -0.4 is 5.32 Å². The van der Waals surface area contributed by atoms with Crippen molar-refractivity contribution in [1.29, 1.82) is 0 Å². The summed E-state index contributed by atoms with van der Waals surface area (Å²) in [6.45, 7) is 2.75. The number of aryl methyl sites for hydroxylation is 1. The maximum atomic E-state index is 12.0. The number of amides is 1. The minimum absolute atomic E-state index is 0.147. The predicted molar refractivity (Wildman–Crippen MR) is 89.3 cm³/mol. The van der Waals surface area contributed by atoms with Crippen molar-refractivity contribution in [2.75, 3.05) is 18.9 Å². The summed E-state index contributed by atoms with van der Waals surface area (Å²) in [6, 6.07) is 7.13. The first-order valence-electron chi connectivity index (χ1n) is 7.63. The van der Waals surface area contributed by atoms with Gasteiger partial charge in [0.15, 0.2) is 5.82 Å². The zero-order valence-electron chi connectivity index (χ0n) is 13.4. The Kier molecular flexibility index (Phi) is 6.55. The van der Waals surface area contributed by atoms with Gasteiger partial charge in [-0.25, -0.2) is 0 Å². The fraction of sp³-hybridized carbons (Fsp3) is 0.438. The molecule has 0 aliphatic carbocycles. The number of para-hydroxylation sites is 1. The number of anilines is 1. The second-order valence-corrected chi connectivity index (χ2v) is 5.82. The van der Waals surface area contributed by atoms with E-state index in [0.29, 0.717) is 23.1 Å². The number of aromatic nitrogens is 2. The fourth-order valence-corrected chi connectivity index (χ4v) is 2.26. The van der Waals surface area contributed by atoms with E-state index in [-0.39, 0.29) is 12.5 Å². The maximum absolute atomic E-state index is 12.0. The molecule has 2 rings (SSSR count). The monoisotopic (exact) mass is 336 g/mol. The summed E-state index contributed by atoms with van der Waals surface area (Å²) in [4.78, 5) is 18.2. The molecule has 0 saturated heterocycles. The van der Waals surface area contributed by atoms with Crippen molar-refractivity contribution in [2.45, 2.75) is 32.7 Å². The first-order chi connectivity index (χ1) is 11.1. The van der Waals surface area contributed by atoms with Crippen LogP contribution in [0.25, 0.3) is 0 Å². The summed E-state index contributed by atoms with van der Waals surface area (Å²) in [5.74, 6) is 1.09. The Hall–Kier alpha value is -1.92. The second kappa shape index (κ2) is 8.64. The molecule has 0 radical (unpaired) electrons. The lowest BCUT2D eigenvalue weighted by Gasteiger charge is -2.14. The fourth-order valence-electron chi connectivity index (χ4n) is 2.08. The SMILES string of the molecule is CCCCc1noc(CN(C)CC(=O)Nc2ccccc2Cl)n1. The third-order valence-corrected chi connectivity index (χ3v) is 3.56. The average Bonchev–Trinajstić information content (AvgIpc) is 2.94. The highest BCUT2D eigenvalue weighted by Crippen LogP contribution is 2.20. The maximum Gasteiger partial charge on any atom is 0.240 e. The highest BCUT2D eigenvalue weighted by atomic mass is 35.5. The number of carbonyl (C=O) groups excluding carboxylic acids is 1. The van der Waals surface area contributed by atoms with Crippen LogP contribution in [0.2, 0.25) is 5.02 Å². The van der Waals surface area contributed by atoms with Gasteiger partial charge in [-0.3, -0.25) is 9.69 Å². The number of nitrogens with one attached hydrogen (secondary N) is 1. The van der Waals surface area contributed by atoms with Crippen molar-refractivity contribution in [3.63, 3.8) is 0 Å². The number of hydrogen-bond acceptors (Lipinski definition) is 5. The lowest BCUT2D eigenvalue weighted by molar-refractivity contribution is -0.117. The van der Waals surface area contributed by atoms with Gasteiger partial charge in [-0.15, -0.1) is 0 Å². The number of likely N-dealkylation sites (N-methyl/N-ethyl adjacent to an activating group) is 1. The number of nitrogens with zero attached hydrogens (tertiary/aromatic N) is 3. The summed E-state index contributed by atoms with van der Waals surface area (Å²) in [7, 11) is 1.82. The Balaban J connectivity index is 1.82. The first-order valence-corrected chi connectivity index (χ1v) is 8.00. The van der Waals surface area contributed by atoms with Crippen LogP contribution in [0.15, 0.2) is 28.8 Å². The molecule has 6 nitrogen and oxygen atoms in total. The summed E-state index contributed by atoms with van der Waals surface area (Å²) in [6.07, 6.45) is 2.94. The Morgan fingerprint density at radius 1 is 1.39 bits per heavy atom. The molecule has 1 heterocycles. The molecular weight excluding hydrogens is 316 g/mol. The summed E-state index contributed by atoms with van der Waals surface area (Å²) < 4.78 is 5.20. The van der Waals surface area contributed by atoms with Crippen LogP contribution in [-0.4, -0.2) is 34.5 Å². The van der Waals surface area contributed by atoms with E-state index in [0.717, 1.165) is 25.1 Å². The zero-order chi connectivity index (χ0) is 16.7. The first kappa shape index (κ1) is 17.4. The largest absolute Gasteiger partial charge is 0.338 e. The Morgan fingerprint density at radius 2 is 2.17 bits per heavy atom. The summed E-state index contributed by atoms with van der Waals surface area (Å²) >= 11 is 6.02. The summed E-state index contributed by atoms with van der Waals surface area (Å²) in [5.41, 5.74) is 0.604. The molecule has 1 amide bonds. The molecule has 0 unspecified atom stereocenters. The van der Waals surface area contributed by atoms with Crippen molar-refractivity contribution in [3.8, 4) is 0 Å². The molecule has 0 aliphatic heterocycles. The number of unbranched alkanes of at least 4 members (excludes halogenated alkanes) is 1. The molecule has 0 saturated carbocycles. The zero-order valence-corrected chi connectivity index (χ0v) is 14.1. The smallest absolute Gasteiger partial charge is 0.240 e. The third kappa shape index (κ3) is 5.65. The minimum Gasteiger partial charge on any atom is -0.338 e. The van der Waals surface area contributed by atoms with E-state index in [1.54, 1.807) is 12.1 Å². The van der Waals surface area contributed by atoms with Crippen LogP contribution in [0.5, 0.6) is 0 Å². The molecule has 7 heteroatoms. The molecule has 124 valence electrons. The summed E-state index contributed by atoms with van der Waals surface area (Å²) in [5, 5.41) is 7.23. The van der Waals surface area contributed by atoms with E-state index < -0.39 is 0 Å². The molecule has 0 bridgehead atoms. The van der Waals surface area contributed by atoms with Crippen LogP contribution >= 0.6 is 11.6 Å². The van der Waals surface area contributed by atoms with Crippen LogP contribution in [0.3, 0.4) is 0 Å². The molecule has 2 aromatic rings. The highest BCUT2D eigenvalue weighted by Gasteiger charge is 2.12. The van der Waals surface area contributed by atoms with Crippen LogP contribution in [0.4, 0.5) is 5.69 Å². The Labute approximate surface area is 140 Å². The van der Waals surface area contributed by atoms with Crippen LogP contribution in [0, 0.1) is 0 Å². The Morgan fingerprint density at radius 3 is 2.91 bits per heavy atom. The van der Waals surface area contributed by atoms with Crippen molar-refractivity contribution in [3.05, 3.63) is 41.0 Å². The van der Waals surface area contributed by atoms with Gasteiger partial charge >= 0.3 is 0 Å². The van der Waals surface area contributed by atoms with E-state index >= 15 is 0 Å². The number of hydrogen-bond donors (Lipinski definition) is 1. The van der Waals surface area contributed by atoms with E-state index in [1.807, 2.05) is 24.1 Å². The van der Waals surface area contributed by atoms with Crippen LogP contribution in [0.1, 0.15) is 31.5 Å². The molecule has 1 N–H and O–H groups in total. The molecule has 1 aromatic carbocycles. The van der Waals surface area contributed by atoms with Gasteiger partial charge in [-0.2, -0.15) is 4.98 Å². The number of rotatable bonds is 8. The quantitative estimate of drug-likeness (QED) is 0.801. The topological polar surface area (TPSA) is 71.3 Å². The Bertz CT molecular complexity index is 645. The molecule has 0 spiro atoms. The number of carbonyl (C=O) groups is 1. The van der Waals surface area contributed by atoms with Crippen molar-refractivity contribution >= 4 is 23.2 Å². The lowest BCUT2D eigenvalue weighted by atomic mass is 10.2. The van der Waals surface area contributed by atoms with Gasteiger partial charge in [0.2, 0.25) is 11.8 Å². The second-order valence-electron chi connectivity index (χ2n) is 5.41. The van der Waals surface area contributed by atoms with Crippen molar-refractivity contribution in [2.24, 2.45) is 0 Å². The van der Waals surface area contributed by atoms with Gasteiger partial charge in [0, 0.05) is 6.42 Å². The molecule has 1 aromatic heterocycles. The average molecular weight is 337 g/mol. The molecular formula is C16H21ClN4O2. The predicted octanol–water partition coefficient (Wildman–Crippen LogP) is 3.14. The van der Waals surface area contributed by atoms with E-state index in [4.69, 9.17) is 16.1 Å². The van der Waals surface area contributed by atoms with E-state index in [1.165, 1.54) is 0 Å². The molecule has 0 aliphatic rings. The molecule has 0 fully saturated rings.